The van der Waals surface area contributed by atoms with E-state index < -0.39 is 0 Å². The van der Waals surface area contributed by atoms with Crippen molar-refractivity contribution in [2.24, 2.45) is 0 Å². The Balaban J connectivity index is 2.05. The van der Waals surface area contributed by atoms with Crippen molar-refractivity contribution < 1.29 is 4.52 Å². The Morgan fingerprint density at radius 2 is 2.22 bits per heavy atom. The Bertz CT molecular complexity index is 677. The average molecular weight is 306 g/mol. The number of aromatic nitrogens is 5. The zero-order valence-corrected chi connectivity index (χ0v) is 11.0. The van der Waals surface area contributed by atoms with Crippen LogP contribution in [0.25, 0.3) is 23.1 Å². The molecule has 0 saturated carbocycles. The van der Waals surface area contributed by atoms with Crippen LogP contribution in [-0.4, -0.2) is 25.3 Å². The summed E-state index contributed by atoms with van der Waals surface area (Å²) in [4.78, 5) is 8.27. The zero-order valence-electron chi connectivity index (χ0n) is 9.38. The van der Waals surface area contributed by atoms with E-state index >= 15 is 0 Å². The maximum atomic E-state index is 5.24. The van der Waals surface area contributed by atoms with Crippen molar-refractivity contribution in [1.29, 1.82) is 0 Å². The lowest BCUT2D eigenvalue weighted by Gasteiger charge is -2.00. The Hall–Kier alpha value is -2.02. The highest BCUT2D eigenvalue weighted by Crippen LogP contribution is 2.26. The number of aromatic amines is 1. The maximum Gasteiger partial charge on any atom is 0.258 e. The second-order valence-electron chi connectivity index (χ2n) is 3.72. The Labute approximate surface area is 111 Å². The summed E-state index contributed by atoms with van der Waals surface area (Å²) in [7, 11) is 0. The molecule has 1 aromatic carbocycles. The third-order valence-corrected chi connectivity index (χ3v) is 2.98. The number of nitrogens with one attached hydrogen (secondary N) is 1. The maximum absolute atomic E-state index is 5.24. The van der Waals surface area contributed by atoms with E-state index in [1.54, 1.807) is 0 Å². The van der Waals surface area contributed by atoms with Crippen LogP contribution in [-0.2, 0) is 0 Å². The normalized spacial score (nSPS) is 10.8. The van der Waals surface area contributed by atoms with Crippen LogP contribution in [0.2, 0.25) is 0 Å². The molecule has 0 bridgehead atoms. The van der Waals surface area contributed by atoms with Crippen molar-refractivity contribution in [1.82, 2.24) is 25.3 Å². The molecule has 0 spiro atoms. The van der Waals surface area contributed by atoms with Crippen LogP contribution >= 0.6 is 15.9 Å². The van der Waals surface area contributed by atoms with Crippen molar-refractivity contribution in [3.63, 3.8) is 0 Å². The molecule has 3 rings (SSSR count). The van der Waals surface area contributed by atoms with Crippen LogP contribution < -0.4 is 0 Å². The molecule has 90 valence electrons. The van der Waals surface area contributed by atoms with Crippen LogP contribution in [0.4, 0.5) is 0 Å². The predicted molar refractivity (Wildman–Crippen MR) is 67.5 cm³/mol. The quantitative estimate of drug-likeness (QED) is 0.787. The smallest absolute Gasteiger partial charge is 0.258 e. The molecule has 6 nitrogen and oxygen atoms in total. The van der Waals surface area contributed by atoms with E-state index in [2.05, 4.69) is 41.3 Å². The van der Waals surface area contributed by atoms with Gasteiger partial charge in [-0.1, -0.05) is 27.2 Å². The first-order valence-corrected chi connectivity index (χ1v) is 5.99. The summed E-state index contributed by atoms with van der Waals surface area (Å²) in [6, 6.07) is 5.89. The van der Waals surface area contributed by atoms with Crippen molar-refractivity contribution in [2.45, 2.75) is 6.92 Å². The van der Waals surface area contributed by atoms with Gasteiger partial charge in [0.15, 0.2) is 5.82 Å². The highest BCUT2D eigenvalue weighted by Gasteiger charge is 2.14. The molecule has 0 aliphatic heterocycles. The molecule has 0 saturated heterocycles. The van der Waals surface area contributed by atoms with Crippen molar-refractivity contribution in [2.75, 3.05) is 0 Å². The lowest BCUT2D eigenvalue weighted by molar-refractivity contribution is 0.431. The number of hydrogen-bond donors (Lipinski definition) is 1. The summed E-state index contributed by atoms with van der Waals surface area (Å²) < 4.78 is 6.20. The largest absolute Gasteiger partial charge is 0.333 e. The van der Waals surface area contributed by atoms with Gasteiger partial charge in [-0.2, -0.15) is 10.1 Å². The van der Waals surface area contributed by atoms with E-state index in [0.717, 1.165) is 15.6 Å². The van der Waals surface area contributed by atoms with Gasteiger partial charge in [-0.25, -0.2) is 4.98 Å². The van der Waals surface area contributed by atoms with Gasteiger partial charge in [0.05, 0.1) is 0 Å². The molecule has 7 heteroatoms. The summed E-state index contributed by atoms with van der Waals surface area (Å²) in [5, 5.41) is 10.3. The van der Waals surface area contributed by atoms with E-state index in [1.807, 2.05) is 25.1 Å². The topological polar surface area (TPSA) is 80.5 Å². The second kappa shape index (κ2) is 4.34. The molecule has 0 aliphatic carbocycles. The van der Waals surface area contributed by atoms with Gasteiger partial charge in [0, 0.05) is 10.0 Å². The first-order chi connectivity index (χ1) is 8.74. The Morgan fingerprint density at radius 1 is 1.33 bits per heavy atom. The molecule has 1 N–H and O–H groups in total. The van der Waals surface area contributed by atoms with Gasteiger partial charge >= 0.3 is 0 Å². The number of benzene rings is 1. The Kier molecular flexibility index (Phi) is 2.67. The summed E-state index contributed by atoms with van der Waals surface area (Å²) in [6.45, 7) is 1.99. The zero-order chi connectivity index (χ0) is 12.5. The van der Waals surface area contributed by atoms with Crippen LogP contribution in [0.3, 0.4) is 0 Å². The van der Waals surface area contributed by atoms with Gasteiger partial charge in [0.1, 0.15) is 6.33 Å². The average Bonchev–Trinajstić information content (AvgIpc) is 3.00. The molecule has 0 fully saturated rings. The lowest BCUT2D eigenvalue weighted by atomic mass is 10.1. The Morgan fingerprint density at radius 3 is 3.00 bits per heavy atom. The highest BCUT2D eigenvalue weighted by atomic mass is 79.9. The summed E-state index contributed by atoms with van der Waals surface area (Å²) >= 11 is 3.42. The monoisotopic (exact) mass is 305 g/mol. The fourth-order valence-corrected chi connectivity index (χ4v) is 1.93. The predicted octanol–water partition coefficient (Wildman–Crippen LogP) is 2.59. The number of H-pyrrole nitrogens is 1. The minimum atomic E-state index is 0.391. The molecule has 3 aromatic rings. The third-order valence-electron chi connectivity index (χ3n) is 2.48. The van der Waals surface area contributed by atoms with Gasteiger partial charge in [-0.15, -0.1) is 0 Å². The highest BCUT2D eigenvalue weighted by molar-refractivity contribution is 9.10. The van der Waals surface area contributed by atoms with Crippen molar-refractivity contribution in [3.05, 3.63) is 34.6 Å². The minimum absolute atomic E-state index is 0.391. The fourth-order valence-electron chi connectivity index (χ4n) is 1.57. The van der Waals surface area contributed by atoms with Gasteiger partial charge in [0.2, 0.25) is 5.82 Å². The molecule has 2 aromatic heterocycles. The van der Waals surface area contributed by atoms with Gasteiger partial charge < -0.3 is 4.52 Å². The molecular formula is C11H8BrN5O. The van der Waals surface area contributed by atoms with E-state index in [1.165, 1.54) is 6.33 Å². The van der Waals surface area contributed by atoms with Gasteiger partial charge in [-0.3, -0.25) is 5.10 Å². The van der Waals surface area contributed by atoms with Crippen LogP contribution in [0.15, 0.2) is 33.5 Å². The molecule has 18 heavy (non-hydrogen) atoms. The molecular weight excluding hydrogens is 298 g/mol. The van der Waals surface area contributed by atoms with Crippen LogP contribution in [0, 0.1) is 6.92 Å². The van der Waals surface area contributed by atoms with Crippen molar-refractivity contribution >= 4 is 15.9 Å². The van der Waals surface area contributed by atoms with Crippen LogP contribution in [0.1, 0.15) is 5.56 Å². The van der Waals surface area contributed by atoms with E-state index in [9.17, 15) is 0 Å². The van der Waals surface area contributed by atoms with E-state index in [-0.39, 0.29) is 0 Å². The van der Waals surface area contributed by atoms with Gasteiger partial charge in [0.25, 0.3) is 5.89 Å². The number of nitrogens with zero attached hydrogens (tertiary/aromatic N) is 4. The number of hydrogen-bond acceptors (Lipinski definition) is 5. The number of halogens is 1. The first-order valence-electron chi connectivity index (χ1n) is 5.20. The molecule has 0 unspecified atom stereocenters. The third kappa shape index (κ3) is 1.92. The van der Waals surface area contributed by atoms with E-state index in [0.29, 0.717) is 17.5 Å². The van der Waals surface area contributed by atoms with Gasteiger partial charge in [-0.05, 0) is 24.6 Å². The molecule has 0 amide bonds. The standard InChI is InChI=1S/C11H8BrN5O/c1-6-2-3-7(12)4-8(6)11-15-10(17-18-11)9-13-5-14-16-9/h2-5H,1H3,(H,13,14,16). The summed E-state index contributed by atoms with van der Waals surface area (Å²) in [6.07, 6.45) is 1.40. The molecule has 0 aliphatic rings. The molecule has 0 radical (unpaired) electrons. The number of aryl methyl sites for hydroxylation is 1. The summed E-state index contributed by atoms with van der Waals surface area (Å²) in [5.41, 5.74) is 1.95. The fraction of sp³-hybridized carbons (Fsp3) is 0.0909. The molecule has 0 atom stereocenters. The van der Waals surface area contributed by atoms with Crippen molar-refractivity contribution in [3.8, 4) is 23.1 Å². The van der Waals surface area contributed by atoms with Crippen LogP contribution in [0.5, 0.6) is 0 Å². The molecule has 2 heterocycles. The number of rotatable bonds is 2. The SMILES string of the molecule is Cc1ccc(Br)cc1-c1nc(-c2ncn[nH]2)no1. The summed E-state index contributed by atoms with van der Waals surface area (Å²) in [5.74, 6) is 1.33. The minimum Gasteiger partial charge on any atom is -0.333 e. The lowest BCUT2D eigenvalue weighted by Crippen LogP contribution is -1.85. The second-order valence-corrected chi connectivity index (χ2v) is 4.63. The first kappa shape index (κ1) is 11.1. The van der Waals surface area contributed by atoms with E-state index in [4.69, 9.17) is 4.52 Å².